The van der Waals surface area contributed by atoms with E-state index in [4.69, 9.17) is 0 Å². The number of halogens is 2. The first-order valence-electron chi connectivity index (χ1n) is 12.0. The molecule has 0 aliphatic rings. The second-order valence-electron chi connectivity index (χ2n) is 9.87. The van der Waals surface area contributed by atoms with Gasteiger partial charge in [-0.05, 0) is 81.8 Å². The van der Waals surface area contributed by atoms with Gasteiger partial charge in [0.1, 0.15) is 18.4 Å². The van der Waals surface area contributed by atoms with E-state index in [0.29, 0.717) is 0 Å². The van der Waals surface area contributed by atoms with Crippen molar-refractivity contribution in [1.29, 1.82) is 0 Å². The molecule has 7 nitrogen and oxygen atoms in total. The Bertz CT molecular complexity index is 1380. The lowest BCUT2D eigenvalue weighted by Gasteiger charge is -2.33. The maximum Gasteiger partial charge on any atom is 0.264 e. The molecule has 10 heteroatoms. The van der Waals surface area contributed by atoms with Crippen LogP contribution in [0, 0.1) is 5.82 Å². The fourth-order valence-electron chi connectivity index (χ4n) is 3.75. The second kappa shape index (κ2) is 12.1. The fraction of sp³-hybridized carbons (Fsp3) is 0.286. The first-order chi connectivity index (χ1) is 17.8. The number of para-hydroxylation sites is 1. The van der Waals surface area contributed by atoms with Crippen LogP contribution < -0.4 is 9.62 Å². The lowest BCUT2D eigenvalue weighted by molar-refractivity contribution is -0.140. The highest BCUT2D eigenvalue weighted by atomic mass is 79.9. The third-order valence-corrected chi connectivity index (χ3v) is 7.91. The topological polar surface area (TPSA) is 86.8 Å². The van der Waals surface area contributed by atoms with Crippen LogP contribution in [-0.4, -0.2) is 43.3 Å². The Hall–Kier alpha value is -3.24. The smallest absolute Gasteiger partial charge is 0.264 e. The van der Waals surface area contributed by atoms with Crippen LogP contribution in [-0.2, 0) is 26.2 Å². The van der Waals surface area contributed by atoms with Crippen molar-refractivity contribution in [3.05, 3.63) is 94.7 Å². The van der Waals surface area contributed by atoms with Crippen molar-refractivity contribution in [2.75, 3.05) is 10.8 Å². The van der Waals surface area contributed by atoms with Gasteiger partial charge in [-0.15, -0.1) is 0 Å². The molecule has 1 atom stereocenters. The normalized spacial score (nSPS) is 12.5. The van der Waals surface area contributed by atoms with Crippen LogP contribution in [0.25, 0.3) is 0 Å². The van der Waals surface area contributed by atoms with E-state index in [9.17, 15) is 22.4 Å². The summed E-state index contributed by atoms with van der Waals surface area (Å²) in [6.45, 7) is 6.64. The molecule has 3 aromatic carbocycles. The van der Waals surface area contributed by atoms with Gasteiger partial charge in [0, 0.05) is 16.6 Å². The van der Waals surface area contributed by atoms with E-state index in [1.807, 2.05) is 45.0 Å². The lowest BCUT2D eigenvalue weighted by atomic mass is 10.1. The Balaban J connectivity index is 2.01. The molecule has 0 radical (unpaired) electrons. The molecular weight excluding hydrogens is 573 g/mol. The van der Waals surface area contributed by atoms with Crippen molar-refractivity contribution < 1.29 is 22.4 Å². The summed E-state index contributed by atoms with van der Waals surface area (Å²) in [6, 6.07) is 19.0. The molecule has 3 aromatic rings. The van der Waals surface area contributed by atoms with Gasteiger partial charge >= 0.3 is 0 Å². The van der Waals surface area contributed by atoms with E-state index in [0.717, 1.165) is 38.6 Å². The third-order valence-electron chi connectivity index (χ3n) is 5.63. The average molecular weight is 605 g/mol. The first-order valence-corrected chi connectivity index (χ1v) is 14.2. The maximum atomic E-state index is 13.8. The molecule has 0 aliphatic heterocycles. The fourth-order valence-corrected chi connectivity index (χ4v) is 5.61. The molecule has 0 fully saturated rings. The molecule has 202 valence electrons. The molecule has 0 saturated carbocycles. The highest BCUT2D eigenvalue weighted by molar-refractivity contribution is 9.10. The number of amides is 2. The summed E-state index contributed by atoms with van der Waals surface area (Å²) in [4.78, 5) is 28.1. The zero-order valence-corrected chi connectivity index (χ0v) is 24.1. The minimum absolute atomic E-state index is 0.0796. The zero-order chi connectivity index (χ0) is 28.1. The molecule has 0 spiro atoms. The number of hydrogen-bond donors (Lipinski definition) is 1. The quantitative estimate of drug-likeness (QED) is 0.368. The summed E-state index contributed by atoms with van der Waals surface area (Å²) in [5, 5.41) is 2.89. The highest BCUT2D eigenvalue weighted by Crippen LogP contribution is 2.25. The number of nitrogens with zero attached hydrogens (tertiary/aromatic N) is 2. The molecule has 0 unspecified atom stereocenters. The van der Waals surface area contributed by atoms with Gasteiger partial charge in [-0.3, -0.25) is 13.9 Å². The Morgan fingerprint density at radius 3 is 2.18 bits per heavy atom. The van der Waals surface area contributed by atoms with Gasteiger partial charge in [0.15, 0.2) is 0 Å². The number of rotatable bonds is 9. The van der Waals surface area contributed by atoms with E-state index in [2.05, 4.69) is 21.2 Å². The van der Waals surface area contributed by atoms with E-state index >= 15 is 0 Å². The van der Waals surface area contributed by atoms with E-state index in [-0.39, 0.29) is 23.0 Å². The van der Waals surface area contributed by atoms with Crippen LogP contribution in [0.5, 0.6) is 0 Å². The second-order valence-corrected chi connectivity index (χ2v) is 12.6. The van der Waals surface area contributed by atoms with Gasteiger partial charge in [0.25, 0.3) is 10.0 Å². The largest absolute Gasteiger partial charge is 0.350 e. The summed E-state index contributed by atoms with van der Waals surface area (Å²) >= 11 is 3.43. The van der Waals surface area contributed by atoms with Crippen molar-refractivity contribution in [1.82, 2.24) is 10.2 Å². The third kappa shape index (κ3) is 7.64. The number of benzene rings is 3. The van der Waals surface area contributed by atoms with Gasteiger partial charge in [-0.25, -0.2) is 12.8 Å². The van der Waals surface area contributed by atoms with Crippen molar-refractivity contribution in [2.45, 2.75) is 50.7 Å². The molecule has 0 aliphatic carbocycles. The van der Waals surface area contributed by atoms with Crippen molar-refractivity contribution in [2.24, 2.45) is 0 Å². The van der Waals surface area contributed by atoms with E-state index in [1.165, 1.54) is 4.90 Å². The number of carbonyl (C=O) groups is 2. The van der Waals surface area contributed by atoms with Gasteiger partial charge in [-0.2, -0.15) is 0 Å². The molecule has 38 heavy (non-hydrogen) atoms. The predicted molar refractivity (Wildman–Crippen MR) is 149 cm³/mol. The number of sulfonamides is 1. The SMILES string of the molecule is C[C@@H](C(=O)NC(C)(C)C)N(Cc1cccc(Br)c1)C(=O)CN(c1ccccc1)S(=O)(=O)c1ccc(F)cc1. The summed E-state index contributed by atoms with van der Waals surface area (Å²) in [5.41, 5.74) is 0.493. The van der Waals surface area contributed by atoms with Crippen molar-refractivity contribution in [3.63, 3.8) is 0 Å². The average Bonchev–Trinajstić information content (AvgIpc) is 2.85. The van der Waals surface area contributed by atoms with Gasteiger partial charge < -0.3 is 10.2 Å². The molecule has 0 saturated heterocycles. The Kier molecular flexibility index (Phi) is 9.32. The van der Waals surface area contributed by atoms with Gasteiger partial charge in [0.05, 0.1) is 10.6 Å². The Morgan fingerprint density at radius 1 is 0.974 bits per heavy atom. The predicted octanol–water partition coefficient (Wildman–Crippen LogP) is 5.12. The summed E-state index contributed by atoms with van der Waals surface area (Å²) < 4.78 is 42.6. The highest BCUT2D eigenvalue weighted by Gasteiger charge is 2.33. The molecular formula is C28H31BrFN3O4S. The van der Waals surface area contributed by atoms with Crippen LogP contribution in [0.1, 0.15) is 33.3 Å². The van der Waals surface area contributed by atoms with Crippen LogP contribution >= 0.6 is 15.9 Å². The van der Waals surface area contributed by atoms with Crippen LogP contribution in [0.15, 0.2) is 88.2 Å². The Labute approximate surface area is 231 Å². The summed E-state index contributed by atoms with van der Waals surface area (Å²) in [5.74, 6) is -1.52. The summed E-state index contributed by atoms with van der Waals surface area (Å²) in [7, 11) is -4.24. The summed E-state index contributed by atoms with van der Waals surface area (Å²) in [6.07, 6.45) is 0. The first kappa shape index (κ1) is 29.3. The van der Waals surface area contributed by atoms with Crippen LogP contribution in [0.3, 0.4) is 0 Å². The van der Waals surface area contributed by atoms with Gasteiger partial charge in [0.2, 0.25) is 11.8 Å². The number of anilines is 1. The van der Waals surface area contributed by atoms with E-state index < -0.39 is 39.9 Å². The number of hydrogen-bond acceptors (Lipinski definition) is 4. The van der Waals surface area contributed by atoms with Crippen LogP contribution in [0.4, 0.5) is 10.1 Å². The van der Waals surface area contributed by atoms with E-state index in [1.54, 1.807) is 37.3 Å². The zero-order valence-electron chi connectivity index (χ0n) is 21.7. The maximum absolute atomic E-state index is 13.8. The number of carbonyl (C=O) groups excluding carboxylic acids is 2. The molecule has 0 heterocycles. The molecule has 1 N–H and O–H groups in total. The lowest BCUT2D eigenvalue weighted by Crippen LogP contribution is -2.54. The van der Waals surface area contributed by atoms with Gasteiger partial charge in [-0.1, -0.05) is 46.3 Å². The minimum Gasteiger partial charge on any atom is -0.350 e. The molecule has 0 bridgehead atoms. The molecule has 0 aromatic heterocycles. The molecule has 2 amide bonds. The minimum atomic E-state index is -4.24. The van der Waals surface area contributed by atoms with Crippen LogP contribution in [0.2, 0.25) is 0 Å². The van der Waals surface area contributed by atoms with Crippen molar-refractivity contribution >= 4 is 43.5 Å². The Morgan fingerprint density at radius 2 is 1.61 bits per heavy atom. The number of nitrogens with one attached hydrogen (secondary N) is 1. The molecule has 3 rings (SSSR count). The van der Waals surface area contributed by atoms with Crippen molar-refractivity contribution in [3.8, 4) is 0 Å². The monoisotopic (exact) mass is 603 g/mol. The standard InChI is InChI=1S/C28H31BrFN3O4S/c1-20(27(35)31-28(2,3)4)32(18-21-9-8-10-22(29)17-21)26(34)19-33(24-11-6-5-7-12-24)38(36,37)25-15-13-23(30)14-16-25/h5-17,20H,18-19H2,1-4H3,(H,31,35)/t20-/m0/s1.